The number of benzene rings is 2. The lowest BCUT2D eigenvalue weighted by molar-refractivity contribution is -0.0122. The van der Waals surface area contributed by atoms with E-state index in [1.165, 1.54) is 11.1 Å². The molecule has 28 heavy (non-hydrogen) atoms. The summed E-state index contributed by atoms with van der Waals surface area (Å²) in [6.07, 6.45) is 2.35. The number of hydrogen-bond acceptors (Lipinski definition) is 3. The van der Waals surface area contributed by atoms with Crippen molar-refractivity contribution >= 4 is 5.91 Å². The molecule has 2 aromatic carbocycles. The molecule has 0 aromatic heterocycles. The van der Waals surface area contributed by atoms with Crippen LogP contribution >= 0.6 is 0 Å². The van der Waals surface area contributed by atoms with Gasteiger partial charge in [0.25, 0.3) is 5.91 Å². The molecule has 1 saturated heterocycles. The predicted molar refractivity (Wildman–Crippen MR) is 111 cm³/mol. The van der Waals surface area contributed by atoms with Gasteiger partial charge in [-0.3, -0.25) is 4.79 Å². The van der Waals surface area contributed by atoms with Crippen LogP contribution in [0.4, 0.5) is 0 Å². The van der Waals surface area contributed by atoms with Crippen LogP contribution in [0.2, 0.25) is 0 Å². The van der Waals surface area contributed by atoms with Gasteiger partial charge in [0.1, 0.15) is 0 Å². The molecule has 2 unspecified atom stereocenters. The van der Waals surface area contributed by atoms with Crippen molar-refractivity contribution in [1.29, 1.82) is 0 Å². The fourth-order valence-corrected chi connectivity index (χ4v) is 4.77. The maximum atomic E-state index is 12.6. The Kier molecular flexibility index (Phi) is 5.02. The number of hydrogen-bond donors (Lipinski definition) is 2. The average Bonchev–Trinajstić information content (AvgIpc) is 3.01. The summed E-state index contributed by atoms with van der Waals surface area (Å²) in [6.45, 7) is 6.80. The average molecular weight is 379 g/mol. The number of nitrogens with zero attached hydrogens (tertiary/aromatic N) is 1. The van der Waals surface area contributed by atoms with Crippen LogP contribution in [-0.2, 0) is 12.8 Å². The van der Waals surface area contributed by atoms with Crippen molar-refractivity contribution in [2.75, 3.05) is 19.6 Å². The second-order valence-corrected chi connectivity index (χ2v) is 8.97. The number of β-amino-alcohol motifs (C(OH)–C–C–N with tert-alkyl or cyclic N) is 1. The molecule has 4 rings (SSSR count). The normalized spacial score (nSPS) is 26.6. The highest BCUT2D eigenvalue weighted by molar-refractivity contribution is 5.94. The number of carbonyl (C=O) groups is 1. The molecular weight excluding hydrogens is 348 g/mol. The van der Waals surface area contributed by atoms with Crippen LogP contribution < -0.4 is 5.32 Å². The molecule has 2 N–H and O–H groups in total. The fraction of sp³-hybridized carbons (Fsp3) is 0.458. The van der Waals surface area contributed by atoms with E-state index in [1.54, 1.807) is 0 Å². The van der Waals surface area contributed by atoms with Gasteiger partial charge in [-0.15, -0.1) is 0 Å². The molecule has 0 saturated carbocycles. The molecule has 1 fully saturated rings. The van der Waals surface area contributed by atoms with E-state index in [0.717, 1.165) is 32.4 Å². The largest absolute Gasteiger partial charge is 0.388 e. The van der Waals surface area contributed by atoms with Gasteiger partial charge < -0.3 is 15.3 Å². The minimum atomic E-state index is -0.676. The Morgan fingerprint density at radius 3 is 2.32 bits per heavy atom. The number of carbonyl (C=O) groups excluding carboxylic acids is 1. The van der Waals surface area contributed by atoms with Crippen LogP contribution in [0.1, 0.15) is 41.8 Å². The Morgan fingerprint density at radius 2 is 1.71 bits per heavy atom. The SMILES string of the molecule is CC1CN(CC2(O)Cc3ccccc3C2)CCC1(C)NC(=O)c1ccccc1. The highest BCUT2D eigenvalue weighted by atomic mass is 16.3. The fourth-order valence-electron chi connectivity index (χ4n) is 4.77. The molecule has 0 radical (unpaired) electrons. The quantitative estimate of drug-likeness (QED) is 0.860. The molecular formula is C24H30N2O2. The third-order valence-electron chi connectivity index (χ3n) is 6.68. The lowest BCUT2D eigenvalue weighted by atomic mass is 9.79. The summed E-state index contributed by atoms with van der Waals surface area (Å²) in [7, 11) is 0. The number of likely N-dealkylation sites (tertiary alicyclic amines) is 1. The van der Waals surface area contributed by atoms with Gasteiger partial charge in [-0.1, -0.05) is 49.4 Å². The van der Waals surface area contributed by atoms with Crippen LogP contribution in [0.3, 0.4) is 0 Å². The first-order valence-electron chi connectivity index (χ1n) is 10.3. The summed E-state index contributed by atoms with van der Waals surface area (Å²) in [5.41, 5.74) is 2.34. The minimum absolute atomic E-state index is 0.00623. The molecule has 0 spiro atoms. The smallest absolute Gasteiger partial charge is 0.251 e. The molecule has 2 aliphatic rings. The maximum Gasteiger partial charge on any atom is 0.251 e. The summed E-state index contributed by atoms with van der Waals surface area (Å²) < 4.78 is 0. The summed E-state index contributed by atoms with van der Waals surface area (Å²) in [5, 5.41) is 14.4. The van der Waals surface area contributed by atoms with Crippen molar-refractivity contribution in [2.24, 2.45) is 5.92 Å². The topological polar surface area (TPSA) is 52.6 Å². The number of nitrogens with one attached hydrogen (secondary N) is 1. The second-order valence-electron chi connectivity index (χ2n) is 8.97. The second kappa shape index (κ2) is 7.34. The van der Waals surface area contributed by atoms with Gasteiger partial charge in [0.2, 0.25) is 0 Å². The van der Waals surface area contributed by atoms with Crippen molar-refractivity contribution in [3.63, 3.8) is 0 Å². The molecule has 0 bridgehead atoms. The van der Waals surface area contributed by atoms with Crippen LogP contribution in [0.15, 0.2) is 54.6 Å². The van der Waals surface area contributed by atoms with E-state index in [0.29, 0.717) is 18.0 Å². The van der Waals surface area contributed by atoms with Crippen molar-refractivity contribution in [2.45, 2.75) is 44.2 Å². The monoisotopic (exact) mass is 378 g/mol. The molecule has 2 aromatic rings. The predicted octanol–water partition coefficient (Wildman–Crippen LogP) is 3.05. The van der Waals surface area contributed by atoms with E-state index < -0.39 is 5.60 Å². The molecule has 4 heteroatoms. The van der Waals surface area contributed by atoms with Gasteiger partial charge in [-0.2, -0.15) is 0 Å². The van der Waals surface area contributed by atoms with Crippen LogP contribution in [-0.4, -0.2) is 46.7 Å². The van der Waals surface area contributed by atoms with Gasteiger partial charge in [-0.25, -0.2) is 0 Å². The van der Waals surface area contributed by atoms with Crippen molar-refractivity contribution in [1.82, 2.24) is 10.2 Å². The Labute approximate surface area is 167 Å². The summed E-state index contributed by atoms with van der Waals surface area (Å²) >= 11 is 0. The number of rotatable bonds is 4. The molecule has 1 aliphatic carbocycles. The lowest BCUT2D eigenvalue weighted by Gasteiger charge is -2.46. The lowest BCUT2D eigenvalue weighted by Crippen LogP contribution is -2.60. The number of amides is 1. The van der Waals surface area contributed by atoms with Crippen molar-refractivity contribution < 1.29 is 9.90 Å². The molecule has 4 nitrogen and oxygen atoms in total. The molecule has 2 atom stereocenters. The van der Waals surface area contributed by atoms with Gasteiger partial charge in [-0.05, 0) is 42.5 Å². The first-order chi connectivity index (χ1) is 13.4. The first kappa shape index (κ1) is 19.2. The van der Waals surface area contributed by atoms with Gasteiger partial charge in [0, 0.05) is 43.6 Å². The summed E-state index contributed by atoms with van der Waals surface area (Å²) in [5.74, 6) is 0.301. The van der Waals surface area contributed by atoms with Crippen molar-refractivity contribution in [3.8, 4) is 0 Å². The standard InChI is InChI=1S/C24H30N2O2/c1-18-16-26(17-24(28)14-20-10-6-7-11-21(20)15-24)13-12-23(18,2)25-22(27)19-8-4-3-5-9-19/h3-11,18,28H,12-17H2,1-2H3,(H,25,27). The van der Waals surface area contributed by atoms with Gasteiger partial charge in [0.05, 0.1) is 5.60 Å². The van der Waals surface area contributed by atoms with Crippen LogP contribution in [0.25, 0.3) is 0 Å². The van der Waals surface area contributed by atoms with Crippen LogP contribution in [0, 0.1) is 5.92 Å². The van der Waals surface area contributed by atoms with E-state index >= 15 is 0 Å². The van der Waals surface area contributed by atoms with Gasteiger partial charge in [0.15, 0.2) is 0 Å². The molecule has 1 aliphatic heterocycles. The third kappa shape index (κ3) is 3.85. The maximum absolute atomic E-state index is 12.6. The zero-order valence-electron chi connectivity index (χ0n) is 16.8. The summed E-state index contributed by atoms with van der Waals surface area (Å²) in [4.78, 5) is 15.0. The van der Waals surface area contributed by atoms with Gasteiger partial charge >= 0.3 is 0 Å². The Morgan fingerprint density at radius 1 is 1.11 bits per heavy atom. The minimum Gasteiger partial charge on any atom is -0.388 e. The van der Waals surface area contributed by atoms with E-state index in [2.05, 4.69) is 36.2 Å². The highest BCUT2D eigenvalue weighted by Crippen LogP contribution is 2.33. The van der Waals surface area contributed by atoms with Crippen molar-refractivity contribution in [3.05, 3.63) is 71.3 Å². The van der Waals surface area contributed by atoms with Crippen LogP contribution in [0.5, 0.6) is 0 Å². The van der Waals surface area contributed by atoms with E-state index in [4.69, 9.17) is 0 Å². The van der Waals surface area contributed by atoms with E-state index in [9.17, 15) is 9.90 Å². The Bertz CT molecular complexity index is 826. The number of aliphatic hydroxyl groups is 1. The highest BCUT2D eigenvalue weighted by Gasteiger charge is 2.42. The zero-order valence-corrected chi connectivity index (χ0v) is 16.8. The number of piperidine rings is 1. The summed E-state index contributed by atoms with van der Waals surface area (Å²) in [6, 6.07) is 17.8. The Hall–Kier alpha value is -2.17. The molecule has 1 heterocycles. The molecule has 1 amide bonds. The Balaban J connectivity index is 1.37. The van der Waals surface area contributed by atoms with E-state index in [-0.39, 0.29) is 11.4 Å². The van der Waals surface area contributed by atoms with E-state index in [1.807, 2.05) is 42.5 Å². The first-order valence-corrected chi connectivity index (χ1v) is 10.3. The molecule has 148 valence electrons. The third-order valence-corrected chi connectivity index (χ3v) is 6.68. The number of fused-ring (bicyclic) bond motifs is 1. The zero-order chi connectivity index (χ0) is 19.8.